The second-order valence-electron chi connectivity index (χ2n) is 5.91. The molecule has 2 saturated carbocycles. The van der Waals surface area contributed by atoms with Crippen LogP contribution in [0.1, 0.15) is 31.2 Å². The number of rotatable bonds is 5. The van der Waals surface area contributed by atoms with Crippen molar-refractivity contribution in [2.24, 2.45) is 5.41 Å². The molecule has 108 valence electrons. The Morgan fingerprint density at radius 1 is 1.20 bits per heavy atom. The fourth-order valence-electron chi connectivity index (χ4n) is 2.66. The van der Waals surface area contributed by atoms with Crippen molar-refractivity contribution < 1.29 is 18.3 Å². The molecule has 0 radical (unpaired) electrons. The monoisotopic (exact) mass is 281 g/mol. The highest BCUT2D eigenvalue weighted by molar-refractivity contribution is 5.86. The van der Waals surface area contributed by atoms with Crippen LogP contribution < -0.4 is 5.32 Å². The van der Waals surface area contributed by atoms with Crippen LogP contribution in [0.4, 0.5) is 8.78 Å². The van der Waals surface area contributed by atoms with Crippen LogP contribution in [0.2, 0.25) is 0 Å². The smallest absolute Gasteiger partial charge is 0.229 e. The van der Waals surface area contributed by atoms with Crippen LogP contribution in [0.3, 0.4) is 0 Å². The molecular weight excluding hydrogens is 264 g/mol. The molecule has 2 fully saturated rings. The predicted octanol–water partition coefficient (Wildman–Crippen LogP) is 2.50. The molecule has 0 bridgehead atoms. The summed E-state index contributed by atoms with van der Waals surface area (Å²) in [5, 5.41) is 2.97. The third kappa shape index (κ3) is 2.30. The highest BCUT2D eigenvalue weighted by Crippen LogP contribution is 2.50. The zero-order valence-corrected chi connectivity index (χ0v) is 11.3. The Balaban J connectivity index is 1.78. The van der Waals surface area contributed by atoms with Crippen molar-refractivity contribution in [3.63, 3.8) is 0 Å². The van der Waals surface area contributed by atoms with Crippen molar-refractivity contribution >= 4 is 5.91 Å². The van der Waals surface area contributed by atoms with Gasteiger partial charge in [0, 0.05) is 13.2 Å². The lowest BCUT2D eigenvalue weighted by atomic mass is 10.0. The van der Waals surface area contributed by atoms with Gasteiger partial charge in [-0.3, -0.25) is 4.79 Å². The van der Waals surface area contributed by atoms with Gasteiger partial charge in [-0.05, 0) is 43.4 Å². The van der Waals surface area contributed by atoms with E-state index in [1.54, 1.807) is 7.11 Å². The van der Waals surface area contributed by atoms with Crippen LogP contribution in [0.25, 0.3) is 0 Å². The van der Waals surface area contributed by atoms with E-state index < -0.39 is 22.6 Å². The maximum Gasteiger partial charge on any atom is 0.229 e. The SMILES string of the molecule is COCC1(C(=O)NC2(c3cc(F)cc(F)c3)CC2)CC1. The van der Waals surface area contributed by atoms with Gasteiger partial charge in [0.1, 0.15) is 11.6 Å². The summed E-state index contributed by atoms with van der Waals surface area (Å²) in [6, 6.07) is 3.44. The molecule has 20 heavy (non-hydrogen) atoms. The molecule has 1 amide bonds. The molecule has 1 aromatic rings. The highest BCUT2D eigenvalue weighted by Gasteiger charge is 2.55. The first-order valence-electron chi connectivity index (χ1n) is 6.78. The van der Waals surface area contributed by atoms with E-state index in [1.807, 2.05) is 0 Å². The Labute approximate surface area is 116 Å². The largest absolute Gasteiger partial charge is 0.384 e. The zero-order chi connectivity index (χ0) is 14.4. The number of nitrogens with one attached hydrogen (secondary N) is 1. The number of carbonyl (C=O) groups excluding carboxylic acids is 1. The normalized spacial score (nSPS) is 21.4. The molecule has 0 aliphatic heterocycles. The number of hydrogen-bond acceptors (Lipinski definition) is 2. The Bertz CT molecular complexity index is 531. The Morgan fingerprint density at radius 3 is 2.25 bits per heavy atom. The van der Waals surface area contributed by atoms with Crippen LogP contribution in [0.5, 0.6) is 0 Å². The number of halogens is 2. The van der Waals surface area contributed by atoms with Gasteiger partial charge in [0.25, 0.3) is 0 Å². The first-order valence-corrected chi connectivity index (χ1v) is 6.78. The van der Waals surface area contributed by atoms with Crippen LogP contribution in [-0.2, 0) is 15.1 Å². The highest BCUT2D eigenvalue weighted by atomic mass is 19.1. The summed E-state index contributed by atoms with van der Waals surface area (Å²) in [6.07, 6.45) is 3.04. The summed E-state index contributed by atoms with van der Waals surface area (Å²) in [5.41, 5.74) is -0.517. The molecule has 0 atom stereocenters. The average molecular weight is 281 g/mol. The first kappa shape index (κ1) is 13.5. The molecule has 2 aliphatic rings. The quantitative estimate of drug-likeness (QED) is 0.900. The van der Waals surface area contributed by atoms with Crippen molar-refractivity contribution in [3.05, 3.63) is 35.4 Å². The zero-order valence-electron chi connectivity index (χ0n) is 11.3. The summed E-state index contributed by atoms with van der Waals surface area (Å²) < 4.78 is 31.7. The van der Waals surface area contributed by atoms with Gasteiger partial charge < -0.3 is 10.1 Å². The number of benzene rings is 1. The molecule has 1 aromatic carbocycles. The van der Waals surface area contributed by atoms with Gasteiger partial charge in [-0.15, -0.1) is 0 Å². The topological polar surface area (TPSA) is 38.3 Å². The van der Waals surface area contributed by atoms with Crippen molar-refractivity contribution in [1.82, 2.24) is 5.32 Å². The summed E-state index contributed by atoms with van der Waals surface area (Å²) in [5.74, 6) is -1.29. The van der Waals surface area contributed by atoms with Gasteiger partial charge in [0.15, 0.2) is 0 Å². The van der Waals surface area contributed by atoms with Crippen LogP contribution >= 0.6 is 0 Å². The van der Waals surface area contributed by atoms with Crippen molar-refractivity contribution in [3.8, 4) is 0 Å². The van der Waals surface area contributed by atoms with E-state index in [0.29, 0.717) is 25.0 Å². The summed E-state index contributed by atoms with van der Waals surface area (Å²) in [6.45, 7) is 0.395. The lowest BCUT2D eigenvalue weighted by molar-refractivity contribution is -0.129. The van der Waals surface area contributed by atoms with E-state index in [2.05, 4.69) is 5.32 Å². The second kappa shape index (κ2) is 4.52. The van der Waals surface area contributed by atoms with Crippen molar-refractivity contribution in [2.75, 3.05) is 13.7 Å². The van der Waals surface area contributed by atoms with Gasteiger partial charge in [0.2, 0.25) is 5.91 Å². The number of amides is 1. The third-order valence-electron chi connectivity index (χ3n) is 4.27. The van der Waals surface area contributed by atoms with Gasteiger partial charge in [0.05, 0.1) is 17.6 Å². The van der Waals surface area contributed by atoms with Gasteiger partial charge in [-0.1, -0.05) is 0 Å². The Morgan fingerprint density at radius 2 is 1.80 bits per heavy atom. The van der Waals surface area contributed by atoms with E-state index in [9.17, 15) is 13.6 Å². The molecular formula is C15H17F2NO2. The summed E-state index contributed by atoms with van der Waals surface area (Å²) in [4.78, 5) is 12.3. The average Bonchev–Trinajstić information content (AvgIpc) is 3.24. The fraction of sp³-hybridized carbons (Fsp3) is 0.533. The maximum absolute atomic E-state index is 13.3. The van der Waals surface area contributed by atoms with Crippen LogP contribution in [0.15, 0.2) is 18.2 Å². The summed E-state index contributed by atoms with van der Waals surface area (Å²) in [7, 11) is 1.57. The first-order chi connectivity index (χ1) is 9.50. The molecule has 0 saturated heterocycles. The molecule has 0 spiro atoms. The molecule has 0 unspecified atom stereocenters. The number of hydrogen-bond donors (Lipinski definition) is 1. The lowest BCUT2D eigenvalue weighted by Crippen LogP contribution is -2.41. The minimum absolute atomic E-state index is 0.0680. The number of carbonyl (C=O) groups is 1. The molecule has 0 aromatic heterocycles. The molecule has 2 aliphatic carbocycles. The predicted molar refractivity (Wildman–Crippen MR) is 69.0 cm³/mol. The van der Waals surface area contributed by atoms with E-state index in [-0.39, 0.29) is 5.91 Å². The second-order valence-corrected chi connectivity index (χ2v) is 5.91. The van der Waals surface area contributed by atoms with E-state index >= 15 is 0 Å². The Kier molecular flexibility index (Phi) is 3.05. The summed E-state index contributed by atoms with van der Waals surface area (Å²) >= 11 is 0. The number of methoxy groups -OCH3 is 1. The van der Waals surface area contributed by atoms with E-state index in [0.717, 1.165) is 18.9 Å². The molecule has 3 rings (SSSR count). The molecule has 5 heteroatoms. The maximum atomic E-state index is 13.3. The van der Waals surface area contributed by atoms with Crippen molar-refractivity contribution in [1.29, 1.82) is 0 Å². The Hall–Kier alpha value is -1.49. The van der Waals surface area contributed by atoms with Crippen LogP contribution in [0, 0.1) is 17.0 Å². The van der Waals surface area contributed by atoms with Crippen LogP contribution in [-0.4, -0.2) is 19.6 Å². The van der Waals surface area contributed by atoms with E-state index in [1.165, 1.54) is 12.1 Å². The minimum atomic E-state index is -0.612. The number of ether oxygens (including phenoxy) is 1. The van der Waals surface area contributed by atoms with Gasteiger partial charge >= 0.3 is 0 Å². The minimum Gasteiger partial charge on any atom is -0.384 e. The van der Waals surface area contributed by atoms with Gasteiger partial charge in [-0.25, -0.2) is 8.78 Å². The van der Waals surface area contributed by atoms with Crippen molar-refractivity contribution in [2.45, 2.75) is 31.2 Å². The fourth-order valence-corrected chi connectivity index (χ4v) is 2.66. The molecule has 1 N–H and O–H groups in total. The standard InChI is InChI=1S/C15H17F2NO2/c1-20-9-14(2-3-14)13(19)18-15(4-5-15)10-6-11(16)8-12(17)7-10/h6-8H,2-5,9H2,1H3,(H,18,19). The molecule has 0 heterocycles. The third-order valence-corrected chi connectivity index (χ3v) is 4.27. The lowest BCUT2D eigenvalue weighted by Gasteiger charge is -2.22. The molecule has 3 nitrogen and oxygen atoms in total. The van der Waals surface area contributed by atoms with Gasteiger partial charge in [-0.2, -0.15) is 0 Å². The van der Waals surface area contributed by atoms with E-state index in [4.69, 9.17) is 4.74 Å².